The third-order valence-electron chi connectivity index (χ3n) is 9.94. The Balaban J connectivity index is 1.33. The first-order valence-electron chi connectivity index (χ1n) is 12.1. The van der Waals surface area contributed by atoms with E-state index in [9.17, 15) is 4.79 Å². The van der Waals surface area contributed by atoms with Crippen LogP contribution >= 0.6 is 23.5 Å². The molecule has 4 aliphatic carbocycles. The molecule has 1 nitrogen and oxygen atoms in total. The van der Waals surface area contributed by atoms with Crippen molar-refractivity contribution in [1.82, 2.24) is 0 Å². The predicted octanol–water partition coefficient (Wildman–Crippen LogP) is 8.02. The fourth-order valence-corrected chi connectivity index (χ4v) is 10.9. The molecule has 160 valence electrons. The Labute approximate surface area is 190 Å². The van der Waals surface area contributed by atoms with Gasteiger partial charge in [0.15, 0.2) is 5.78 Å². The van der Waals surface area contributed by atoms with E-state index in [0.717, 1.165) is 30.6 Å². The molecule has 3 heteroatoms. The number of hydrogen-bond acceptors (Lipinski definition) is 3. The van der Waals surface area contributed by atoms with Crippen LogP contribution in [0, 0.1) is 41.4 Å². The van der Waals surface area contributed by atoms with Crippen molar-refractivity contribution < 1.29 is 4.79 Å². The normalized spacial score (nSPS) is 45.0. The molecule has 0 aromatic heterocycles. The number of rotatable bonds is 0. The van der Waals surface area contributed by atoms with Gasteiger partial charge in [0.1, 0.15) is 0 Å². The Bertz CT molecular complexity index is 948. The molecule has 30 heavy (non-hydrogen) atoms. The fraction of sp³-hybridized carbons (Fsp3) is 0.667. The van der Waals surface area contributed by atoms with E-state index in [2.05, 4.69) is 39.0 Å². The molecular formula is C27H34OS2. The van der Waals surface area contributed by atoms with E-state index in [-0.39, 0.29) is 5.41 Å². The minimum Gasteiger partial charge on any atom is -0.294 e. The molecule has 0 spiro atoms. The molecule has 6 rings (SSSR count). The van der Waals surface area contributed by atoms with Gasteiger partial charge in [-0.3, -0.25) is 4.79 Å². The van der Waals surface area contributed by atoms with Crippen molar-refractivity contribution in [2.45, 2.75) is 88.3 Å². The number of carbonyl (C=O) groups excluding carboxylic acids is 1. The van der Waals surface area contributed by atoms with Gasteiger partial charge in [-0.2, -0.15) is 0 Å². The van der Waals surface area contributed by atoms with E-state index in [1.165, 1.54) is 70.1 Å². The third kappa shape index (κ3) is 2.73. The van der Waals surface area contributed by atoms with E-state index in [4.69, 9.17) is 0 Å². The van der Waals surface area contributed by atoms with Crippen LogP contribution in [-0.2, 0) is 4.79 Å². The molecule has 4 saturated carbocycles. The SMILES string of the molecule is Cc1ccc2c(c1)S/C(=C1/C[C@@H]3[C@@H]4CC[C@H]5CCCC[C@]5(C)[C@H]4CC[C@]3(C)C1=O)S2. The topological polar surface area (TPSA) is 17.1 Å². The summed E-state index contributed by atoms with van der Waals surface area (Å²) >= 11 is 3.72. The van der Waals surface area contributed by atoms with E-state index in [1.807, 2.05) is 23.5 Å². The maximum atomic E-state index is 13.8. The van der Waals surface area contributed by atoms with Gasteiger partial charge in [0.25, 0.3) is 0 Å². The summed E-state index contributed by atoms with van der Waals surface area (Å²) in [5, 5.41) is 0. The smallest absolute Gasteiger partial charge is 0.166 e. The zero-order chi connectivity index (χ0) is 20.7. The number of benzene rings is 1. The first-order chi connectivity index (χ1) is 14.4. The standard InChI is InChI=1S/C27H34OS2/c1-16-7-10-22-23(14-16)30-25(29-22)19-15-21-18-9-8-17-6-4-5-12-26(17,2)20(18)11-13-27(21,3)24(19)28/h7,10,14,17-18,20-21H,4-6,8-9,11-13,15H2,1-3H3/b25-19-/t17-,18-,20+,21-,26+,27+/m1/s1. The molecule has 1 heterocycles. The lowest BCUT2D eigenvalue weighted by molar-refractivity contribution is -0.137. The second-order valence-corrected chi connectivity index (χ2v) is 13.7. The molecule has 0 N–H and O–H groups in total. The number of thioether (sulfide) groups is 2. The molecule has 5 aliphatic rings. The van der Waals surface area contributed by atoms with Gasteiger partial charge in [-0.1, -0.05) is 56.3 Å². The Morgan fingerprint density at radius 2 is 1.77 bits per heavy atom. The van der Waals surface area contributed by atoms with Gasteiger partial charge in [0.05, 0.1) is 4.24 Å². The molecule has 1 aromatic rings. The van der Waals surface area contributed by atoms with E-state index < -0.39 is 0 Å². The summed E-state index contributed by atoms with van der Waals surface area (Å²) in [7, 11) is 0. The summed E-state index contributed by atoms with van der Waals surface area (Å²) in [6, 6.07) is 6.73. The van der Waals surface area contributed by atoms with Crippen molar-refractivity contribution in [3.8, 4) is 0 Å². The summed E-state index contributed by atoms with van der Waals surface area (Å²) < 4.78 is 1.30. The Kier molecular flexibility index (Phi) is 4.60. The Hall–Kier alpha value is -0.670. The molecule has 4 fully saturated rings. The zero-order valence-electron chi connectivity index (χ0n) is 18.6. The highest BCUT2D eigenvalue weighted by Crippen LogP contribution is 2.67. The van der Waals surface area contributed by atoms with Crippen LogP contribution in [0.2, 0.25) is 0 Å². The number of aryl methyl sites for hydroxylation is 1. The number of fused-ring (bicyclic) bond motifs is 6. The quantitative estimate of drug-likeness (QED) is 0.382. The van der Waals surface area contributed by atoms with Crippen molar-refractivity contribution >= 4 is 29.3 Å². The number of allylic oxidation sites excluding steroid dienone is 1. The highest BCUT2D eigenvalue weighted by atomic mass is 32.2. The number of Topliss-reactive ketones (excluding diaryl/α,β-unsaturated/α-hetero) is 1. The van der Waals surface area contributed by atoms with Crippen molar-refractivity contribution in [1.29, 1.82) is 0 Å². The molecule has 0 radical (unpaired) electrons. The number of hydrogen-bond donors (Lipinski definition) is 0. The highest BCUT2D eigenvalue weighted by Gasteiger charge is 2.61. The summed E-state index contributed by atoms with van der Waals surface area (Å²) in [6.45, 7) is 7.13. The van der Waals surface area contributed by atoms with Gasteiger partial charge in [-0.05, 0) is 98.7 Å². The molecular weight excluding hydrogens is 404 g/mol. The Morgan fingerprint density at radius 3 is 2.63 bits per heavy atom. The monoisotopic (exact) mass is 438 g/mol. The largest absolute Gasteiger partial charge is 0.294 e. The van der Waals surface area contributed by atoms with Gasteiger partial charge >= 0.3 is 0 Å². The third-order valence-corrected chi connectivity index (χ3v) is 12.6. The molecule has 0 amide bonds. The maximum absolute atomic E-state index is 13.8. The summed E-state index contributed by atoms with van der Waals surface area (Å²) in [5.74, 6) is 3.66. The number of carbonyl (C=O) groups is 1. The predicted molar refractivity (Wildman–Crippen MR) is 127 cm³/mol. The van der Waals surface area contributed by atoms with Crippen LogP contribution < -0.4 is 0 Å². The lowest BCUT2D eigenvalue weighted by Crippen LogP contribution is -2.52. The first-order valence-corrected chi connectivity index (χ1v) is 13.8. The van der Waals surface area contributed by atoms with E-state index in [1.54, 1.807) is 0 Å². The molecule has 1 aromatic carbocycles. The second kappa shape index (κ2) is 6.91. The van der Waals surface area contributed by atoms with Crippen LogP contribution in [0.15, 0.2) is 37.8 Å². The van der Waals surface area contributed by atoms with Crippen LogP contribution in [0.3, 0.4) is 0 Å². The van der Waals surface area contributed by atoms with Crippen LogP contribution in [0.5, 0.6) is 0 Å². The average Bonchev–Trinajstić information content (AvgIpc) is 3.25. The maximum Gasteiger partial charge on any atom is 0.166 e. The molecule has 1 aliphatic heterocycles. The van der Waals surface area contributed by atoms with Crippen LogP contribution in [0.4, 0.5) is 0 Å². The van der Waals surface area contributed by atoms with Crippen LogP contribution in [0.25, 0.3) is 0 Å². The Morgan fingerprint density at radius 1 is 0.933 bits per heavy atom. The van der Waals surface area contributed by atoms with Gasteiger partial charge in [0, 0.05) is 20.8 Å². The fourth-order valence-electron chi connectivity index (χ4n) is 8.23. The minimum atomic E-state index is -0.104. The molecule has 0 bridgehead atoms. The lowest BCUT2D eigenvalue weighted by Gasteiger charge is -2.59. The molecule has 6 atom stereocenters. The summed E-state index contributed by atoms with van der Waals surface area (Å²) in [6.07, 6.45) is 12.0. The van der Waals surface area contributed by atoms with E-state index in [0.29, 0.717) is 17.1 Å². The number of ketones is 1. The molecule has 0 unspecified atom stereocenters. The van der Waals surface area contributed by atoms with Crippen molar-refractivity contribution in [2.75, 3.05) is 0 Å². The van der Waals surface area contributed by atoms with Crippen molar-refractivity contribution in [3.05, 3.63) is 33.6 Å². The van der Waals surface area contributed by atoms with Crippen molar-refractivity contribution in [3.63, 3.8) is 0 Å². The van der Waals surface area contributed by atoms with Gasteiger partial charge < -0.3 is 0 Å². The molecule has 0 saturated heterocycles. The van der Waals surface area contributed by atoms with Crippen molar-refractivity contribution in [2.24, 2.45) is 34.5 Å². The van der Waals surface area contributed by atoms with Crippen LogP contribution in [0.1, 0.15) is 77.2 Å². The summed E-state index contributed by atoms with van der Waals surface area (Å²) in [4.78, 5) is 16.5. The average molecular weight is 439 g/mol. The highest BCUT2D eigenvalue weighted by molar-refractivity contribution is 8.24. The first kappa shape index (κ1) is 20.0. The lowest BCUT2D eigenvalue weighted by atomic mass is 9.45. The van der Waals surface area contributed by atoms with Crippen LogP contribution in [-0.4, -0.2) is 5.78 Å². The van der Waals surface area contributed by atoms with Gasteiger partial charge in [-0.15, -0.1) is 0 Å². The van der Waals surface area contributed by atoms with Gasteiger partial charge in [-0.25, -0.2) is 0 Å². The van der Waals surface area contributed by atoms with E-state index >= 15 is 0 Å². The minimum absolute atomic E-state index is 0.104. The second-order valence-electron chi connectivity index (χ2n) is 11.3. The summed E-state index contributed by atoms with van der Waals surface area (Å²) in [5.41, 5.74) is 2.94. The zero-order valence-corrected chi connectivity index (χ0v) is 20.3. The van der Waals surface area contributed by atoms with Gasteiger partial charge in [0.2, 0.25) is 0 Å².